The molecule has 2 unspecified atom stereocenters. The van der Waals surface area contributed by atoms with Crippen molar-refractivity contribution in [3.63, 3.8) is 0 Å². The first kappa shape index (κ1) is 16.1. The molecule has 3 aromatic rings. The van der Waals surface area contributed by atoms with Gasteiger partial charge < -0.3 is 15.1 Å². The lowest BCUT2D eigenvalue weighted by molar-refractivity contribution is -0.122. The van der Waals surface area contributed by atoms with Gasteiger partial charge in [0.05, 0.1) is 6.04 Å². The van der Waals surface area contributed by atoms with Crippen LogP contribution in [-0.2, 0) is 4.79 Å². The second-order valence-electron chi connectivity index (χ2n) is 6.15. The van der Waals surface area contributed by atoms with Crippen LogP contribution in [0.2, 0.25) is 0 Å². The highest BCUT2D eigenvalue weighted by Gasteiger charge is 2.18. The third kappa shape index (κ3) is 3.59. The van der Waals surface area contributed by atoms with E-state index < -0.39 is 0 Å². The van der Waals surface area contributed by atoms with Gasteiger partial charge in [-0.3, -0.25) is 4.79 Å². The van der Waals surface area contributed by atoms with Crippen LogP contribution in [0.15, 0.2) is 59.0 Å². The smallest absolute Gasteiger partial charge is 0.242 e. The minimum Gasteiger partial charge on any atom is -0.459 e. The molecule has 0 radical (unpaired) electrons. The number of nitrogens with one attached hydrogen (secondary N) is 2. The molecule has 2 N–H and O–H groups in total. The molecule has 4 nitrogen and oxygen atoms in total. The lowest BCUT2D eigenvalue weighted by Crippen LogP contribution is -2.38. The number of amides is 1. The van der Waals surface area contributed by atoms with Crippen molar-refractivity contribution < 1.29 is 9.21 Å². The first-order chi connectivity index (χ1) is 11.5. The molecule has 3 rings (SSSR count). The Hall–Kier alpha value is -2.75. The Labute approximate surface area is 141 Å². The Morgan fingerprint density at radius 2 is 1.83 bits per heavy atom. The van der Waals surface area contributed by atoms with E-state index in [2.05, 4.69) is 10.6 Å². The summed E-state index contributed by atoms with van der Waals surface area (Å²) in [5, 5.41) is 7.26. The van der Waals surface area contributed by atoms with Gasteiger partial charge in [0, 0.05) is 11.1 Å². The van der Waals surface area contributed by atoms with E-state index in [4.69, 9.17) is 4.42 Å². The van der Waals surface area contributed by atoms with Crippen molar-refractivity contribution in [3.05, 3.63) is 65.9 Å². The van der Waals surface area contributed by atoms with Crippen molar-refractivity contribution in [1.29, 1.82) is 0 Å². The predicted molar refractivity (Wildman–Crippen MR) is 97.0 cm³/mol. The lowest BCUT2D eigenvalue weighted by Gasteiger charge is -2.18. The molecule has 2 atom stereocenters. The van der Waals surface area contributed by atoms with Gasteiger partial charge in [-0.25, -0.2) is 0 Å². The second kappa shape index (κ2) is 6.79. The SMILES string of the molecule is Cc1cccc(NC(C)C(=O)NC(C)c2cc3ccccc3o2)c1. The van der Waals surface area contributed by atoms with E-state index in [-0.39, 0.29) is 18.0 Å². The van der Waals surface area contributed by atoms with Gasteiger partial charge in [0.2, 0.25) is 5.91 Å². The maximum atomic E-state index is 12.4. The van der Waals surface area contributed by atoms with Crippen molar-refractivity contribution in [2.75, 3.05) is 5.32 Å². The summed E-state index contributed by atoms with van der Waals surface area (Å²) in [5.41, 5.74) is 2.93. The van der Waals surface area contributed by atoms with Crippen LogP contribution >= 0.6 is 0 Å². The summed E-state index contributed by atoms with van der Waals surface area (Å²) in [4.78, 5) is 12.4. The molecule has 2 aromatic carbocycles. The van der Waals surface area contributed by atoms with E-state index in [1.807, 2.05) is 75.4 Å². The van der Waals surface area contributed by atoms with E-state index in [9.17, 15) is 4.79 Å². The lowest BCUT2D eigenvalue weighted by atomic mass is 10.2. The molecule has 4 heteroatoms. The number of furan rings is 1. The highest BCUT2D eigenvalue weighted by Crippen LogP contribution is 2.23. The molecule has 0 spiro atoms. The minimum absolute atomic E-state index is 0.0653. The summed E-state index contributed by atoms with van der Waals surface area (Å²) in [5.74, 6) is 0.691. The molecule has 1 aromatic heterocycles. The number of carbonyl (C=O) groups excluding carboxylic acids is 1. The first-order valence-corrected chi connectivity index (χ1v) is 8.15. The number of anilines is 1. The second-order valence-corrected chi connectivity index (χ2v) is 6.15. The molecule has 1 heterocycles. The van der Waals surface area contributed by atoms with Gasteiger partial charge in [-0.2, -0.15) is 0 Å². The summed E-state index contributed by atoms with van der Waals surface area (Å²) < 4.78 is 5.81. The van der Waals surface area contributed by atoms with Gasteiger partial charge in [-0.05, 0) is 50.6 Å². The molecule has 24 heavy (non-hydrogen) atoms. The quantitative estimate of drug-likeness (QED) is 0.731. The number of fused-ring (bicyclic) bond motifs is 1. The highest BCUT2D eigenvalue weighted by molar-refractivity contribution is 5.85. The summed E-state index contributed by atoms with van der Waals surface area (Å²) in [6.45, 7) is 5.80. The molecule has 0 aliphatic heterocycles. The minimum atomic E-state index is -0.335. The van der Waals surface area contributed by atoms with Crippen LogP contribution in [0.1, 0.15) is 31.2 Å². The number of aryl methyl sites for hydroxylation is 1. The molecular formula is C20H22N2O2. The Morgan fingerprint density at radius 3 is 2.58 bits per heavy atom. The third-order valence-electron chi connectivity index (χ3n) is 4.02. The van der Waals surface area contributed by atoms with Gasteiger partial charge in [-0.1, -0.05) is 30.3 Å². The normalized spacial score (nSPS) is 13.5. The third-order valence-corrected chi connectivity index (χ3v) is 4.02. The molecule has 124 valence electrons. The molecule has 0 saturated heterocycles. The number of benzene rings is 2. The van der Waals surface area contributed by atoms with E-state index in [0.717, 1.165) is 28.0 Å². The fraction of sp³-hybridized carbons (Fsp3) is 0.250. The van der Waals surface area contributed by atoms with Crippen molar-refractivity contribution in [2.45, 2.75) is 32.9 Å². The molecule has 0 saturated carbocycles. The van der Waals surface area contributed by atoms with E-state index >= 15 is 0 Å². The molecular weight excluding hydrogens is 300 g/mol. The van der Waals surface area contributed by atoms with Crippen LogP contribution in [0.5, 0.6) is 0 Å². The standard InChI is InChI=1S/C20H22N2O2/c1-13-7-6-9-17(11-13)21-15(3)20(23)22-14(2)19-12-16-8-4-5-10-18(16)24-19/h4-12,14-15,21H,1-3H3,(H,22,23). The van der Waals surface area contributed by atoms with Crippen molar-refractivity contribution in [1.82, 2.24) is 5.32 Å². The largest absolute Gasteiger partial charge is 0.459 e. The van der Waals surface area contributed by atoms with Crippen LogP contribution in [-0.4, -0.2) is 11.9 Å². The number of hydrogen-bond acceptors (Lipinski definition) is 3. The Balaban J connectivity index is 1.64. The number of para-hydroxylation sites is 1. The Bertz CT molecular complexity index is 820. The van der Waals surface area contributed by atoms with Crippen LogP contribution in [0.3, 0.4) is 0 Å². The summed E-state index contributed by atoms with van der Waals surface area (Å²) in [6, 6.07) is 17.3. The van der Waals surface area contributed by atoms with Gasteiger partial charge >= 0.3 is 0 Å². The zero-order chi connectivity index (χ0) is 17.1. The highest BCUT2D eigenvalue weighted by atomic mass is 16.3. The number of rotatable bonds is 5. The van der Waals surface area contributed by atoms with Crippen LogP contribution in [0.4, 0.5) is 5.69 Å². The Morgan fingerprint density at radius 1 is 1.04 bits per heavy atom. The monoisotopic (exact) mass is 322 g/mol. The van der Waals surface area contributed by atoms with E-state index in [0.29, 0.717) is 0 Å². The average Bonchev–Trinajstić information content (AvgIpc) is 2.99. The number of carbonyl (C=O) groups is 1. The zero-order valence-corrected chi connectivity index (χ0v) is 14.2. The predicted octanol–water partition coefficient (Wildman–Crippen LogP) is 4.42. The van der Waals surface area contributed by atoms with Crippen molar-refractivity contribution in [2.24, 2.45) is 0 Å². The maximum absolute atomic E-state index is 12.4. The summed E-state index contributed by atoms with van der Waals surface area (Å²) >= 11 is 0. The van der Waals surface area contributed by atoms with E-state index in [1.165, 1.54) is 0 Å². The summed E-state index contributed by atoms with van der Waals surface area (Å²) in [6.07, 6.45) is 0. The topological polar surface area (TPSA) is 54.3 Å². The molecule has 0 aliphatic carbocycles. The summed E-state index contributed by atoms with van der Waals surface area (Å²) in [7, 11) is 0. The van der Waals surface area contributed by atoms with Crippen molar-refractivity contribution >= 4 is 22.6 Å². The fourth-order valence-corrected chi connectivity index (χ4v) is 2.68. The van der Waals surface area contributed by atoms with Crippen LogP contribution in [0, 0.1) is 6.92 Å². The zero-order valence-electron chi connectivity index (χ0n) is 14.2. The van der Waals surface area contributed by atoms with Crippen LogP contribution in [0.25, 0.3) is 11.0 Å². The van der Waals surface area contributed by atoms with Gasteiger partial charge in [0.15, 0.2) is 0 Å². The Kier molecular flexibility index (Phi) is 4.56. The van der Waals surface area contributed by atoms with E-state index in [1.54, 1.807) is 0 Å². The average molecular weight is 322 g/mol. The van der Waals surface area contributed by atoms with Gasteiger partial charge in [0.1, 0.15) is 17.4 Å². The van der Waals surface area contributed by atoms with Gasteiger partial charge in [-0.15, -0.1) is 0 Å². The molecule has 0 fully saturated rings. The molecule has 0 bridgehead atoms. The first-order valence-electron chi connectivity index (χ1n) is 8.15. The molecule has 1 amide bonds. The van der Waals surface area contributed by atoms with Gasteiger partial charge in [0.25, 0.3) is 0 Å². The molecule has 0 aliphatic rings. The fourth-order valence-electron chi connectivity index (χ4n) is 2.68. The number of hydrogen-bond donors (Lipinski definition) is 2. The van der Waals surface area contributed by atoms with Crippen molar-refractivity contribution in [3.8, 4) is 0 Å². The van der Waals surface area contributed by atoms with Crippen LogP contribution < -0.4 is 10.6 Å². The maximum Gasteiger partial charge on any atom is 0.242 e.